The molecule has 0 saturated carbocycles. The van der Waals surface area contributed by atoms with Crippen molar-refractivity contribution in [2.75, 3.05) is 13.2 Å². The molecule has 0 fully saturated rings. The predicted molar refractivity (Wildman–Crippen MR) is 90.3 cm³/mol. The summed E-state index contributed by atoms with van der Waals surface area (Å²) in [5.74, 6) is 1.02. The summed E-state index contributed by atoms with van der Waals surface area (Å²) in [6.07, 6.45) is 0.992. The van der Waals surface area contributed by atoms with Crippen LogP contribution in [0.5, 0.6) is 5.75 Å². The molecule has 1 aliphatic heterocycles. The van der Waals surface area contributed by atoms with E-state index < -0.39 is 0 Å². The fourth-order valence-electron chi connectivity index (χ4n) is 2.71. The van der Waals surface area contributed by atoms with E-state index in [-0.39, 0.29) is 6.04 Å². The van der Waals surface area contributed by atoms with Gasteiger partial charge in [0.2, 0.25) is 0 Å². The van der Waals surface area contributed by atoms with Crippen LogP contribution in [0.3, 0.4) is 0 Å². The molecule has 0 spiro atoms. The Hall–Kier alpha value is -1.03. The average Bonchev–Trinajstić information content (AvgIpc) is 2.95. The number of fused-ring (bicyclic) bond motifs is 1. The molecule has 2 aromatic rings. The molecule has 1 N–H and O–H groups in total. The molecule has 4 heteroatoms. The summed E-state index contributed by atoms with van der Waals surface area (Å²) in [5, 5.41) is 4.28. The van der Waals surface area contributed by atoms with Crippen LogP contribution < -0.4 is 10.1 Å². The third-order valence-corrected chi connectivity index (χ3v) is 4.95. The minimum Gasteiger partial charge on any atom is -0.493 e. The van der Waals surface area contributed by atoms with Crippen LogP contribution in [-0.4, -0.2) is 13.2 Å². The van der Waals surface area contributed by atoms with Crippen molar-refractivity contribution in [3.05, 3.63) is 62.6 Å². The lowest BCUT2D eigenvalue weighted by Crippen LogP contribution is -2.22. The fraction of sp³-hybridized carbons (Fsp3) is 0.294. The Morgan fingerprint density at radius 2 is 2.00 bits per heavy atom. The largest absolute Gasteiger partial charge is 0.493 e. The zero-order chi connectivity index (χ0) is 14.8. The quantitative estimate of drug-likeness (QED) is 0.844. The first-order valence-electron chi connectivity index (χ1n) is 7.13. The number of hydrogen-bond acceptors (Lipinski definition) is 2. The Labute approximate surface area is 138 Å². The van der Waals surface area contributed by atoms with E-state index >= 15 is 0 Å². The molecule has 2 aromatic carbocycles. The van der Waals surface area contributed by atoms with Gasteiger partial charge >= 0.3 is 0 Å². The maximum absolute atomic E-state index is 6.10. The van der Waals surface area contributed by atoms with Crippen molar-refractivity contribution in [2.45, 2.75) is 19.4 Å². The first-order chi connectivity index (χ1) is 10.2. The minimum atomic E-state index is 0.162. The van der Waals surface area contributed by atoms with E-state index in [1.54, 1.807) is 0 Å². The Bertz CT molecular complexity index is 659. The first kappa shape index (κ1) is 14.9. The smallest absolute Gasteiger partial charge is 0.122 e. The van der Waals surface area contributed by atoms with Crippen LogP contribution in [-0.2, 0) is 6.42 Å². The van der Waals surface area contributed by atoms with Crippen LogP contribution in [0.1, 0.15) is 29.7 Å². The summed E-state index contributed by atoms with van der Waals surface area (Å²) in [7, 11) is 0. The first-order valence-corrected chi connectivity index (χ1v) is 8.30. The van der Waals surface area contributed by atoms with E-state index in [0.717, 1.165) is 34.8 Å². The van der Waals surface area contributed by atoms with E-state index in [2.05, 4.69) is 58.5 Å². The summed E-state index contributed by atoms with van der Waals surface area (Å²) < 4.78 is 6.51. The highest BCUT2D eigenvalue weighted by molar-refractivity contribution is 9.10. The topological polar surface area (TPSA) is 21.3 Å². The van der Waals surface area contributed by atoms with Gasteiger partial charge in [0.15, 0.2) is 0 Å². The molecule has 0 saturated heterocycles. The van der Waals surface area contributed by atoms with E-state index in [9.17, 15) is 0 Å². The Kier molecular flexibility index (Phi) is 4.53. The van der Waals surface area contributed by atoms with Gasteiger partial charge in [-0.3, -0.25) is 0 Å². The predicted octanol–water partition coefficient (Wildman–Crippen LogP) is 4.74. The van der Waals surface area contributed by atoms with Gasteiger partial charge < -0.3 is 10.1 Å². The van der Waals surface area contributed by atoms with Crippen LogP contribution in [0.4, 0.5) is 0 Å². The van der Waals surface area contributed by atoms with Gasteiger partial charge in [-0.15, -0.1) is 0 Å². The molecular formula is C17H17BrClNO. The van der Waals surface area contributed by atoms with Crippen LogP contribution in [0.15, 0.2) is 40.9 Å². The molecular weight excluding hydrogens is 350 g/mol. The highest BCUT2D eigenvalue weighted by Crippen LogP contribution is 2.32. The Morgan fingerprint density at radius 1 is 1.24 bits per heavy atom. The van der Waals surface area contributed by atoms with Gasteiger partial charge in [0, 0.05) is 10.9 Å². The van der Waals surface area contributed by atoms with E-state index in [4.69, 9.17) is 16.3 Å². The maximum Gasteiger partial charge on any atom is 0.122 e. The maximum atomic E-state index is 6.10. The van der Waals surface area contributed by atoms with Crippen LogP contribution in [0.2, 0.25) is 5.02 Å². The zero-order valence-electron chi connectivity index (χ0n) is 11.8. The van der Waals surface area contributed by atoms with Crippen molar-refractivity contribution in [2.24, 2.45) is 0 Å². The van der Waals surface area contributed by atoms with E-state index in [0.29, 0.717) is 0 Å². The lowest BCUT2D eigenvalue weighted by atomic mass is 9.96. The lowest BCUT2D eigenvalue weighted by Gasteiger charge is -2.20. The van der Waals surface area contributed by atoms with Crippen molar-refractivity contribution in [3.8, 4) is 5.75 Å². The van der Waals surface area contributed by atoms with Crippen LogP contribution in [0.25, 0.3) is 0 Å². The normalized spacial score (nSPS) is 14.6. The summed E-state index contributed by atoms with van der Waals surface area (Å²) in [6.45, 7) is 3.81. The highest BCUT2D eigenvalue weighted by atomic mass is 79.9. The second-order valence-corrected chi connectivity index (χ2v) is 6.39. The molecule has 21 heavy (non-hydrogen) atoms. The molecule has 0 aromatic heterocycles. The number of rotatable bonds is 4. The number of nitrogens with one attached hydrogen (secondary N) is 1. The number of ether oxygens (including phenoxy) is 1. The summed E-state index contributed by atoms with van der Waals surface area (Å²) in [5.41, 5.74) is 3.76. The minimum absolute atomic E-state index is 0.162. The van der Waals surface area contributed by atoms with Crippen molar-refractivity contribution >= 4 is 27.5 Å². The summed E-state index contributed by atoms with van der Waals surface area (Å²) in [4.78, 5) is 0. The van der Waals surface area contributed by atoms with E-state index in [1.165, 1.54) is 16.7 Å². The molecule has 1 aliphatic rings. The van der Waals surface area contributed by atoms with Crippen molar-refractivity contribution < 1.29 is 4.74 Å². The van der Waals surface area contributed by atoms with Gasteiger partial charge in [0.05, 0.1) is 17.7 Å². The Balaban J connectivity index is 1.99. The molecule has 0 bridgehead atoms. The van der Waals surface area contributed by atoms with Gasteiger partial charge in [-0.2, -0.15) is 0 Å². The SMILES string of the molecule is CCNC(c1ccc(Cl)c(Br)c1)c1ccc2c(c1)CCO2. The molecule has 0 radical (unpaired) electrons. The average molecular weight is 367 g/mol. The number of hydrogen-bond donors (Lipinski definition) is 1. The van der Waals surface area contributed by atoms with Crippen LogP contribution >= 0.6 is 27.5 Å². The number of benzene rings is 2. The molecule has 110 valence electrons. The van der Waals surface area contributed by atoms with Gasteiger partial charge in [-0.1, -0.05) is 36.7 Å². The molecule has 3 rings (SSSR count). The van der Waals surface area contributed by atoms with E-state index in [1.807, 2.05) is 6.07 Å². The van der Waals surface area contributed by atoms with Gasteiger partial charge in [0.25, 0.3) is 0 Å². The molecule has 1 heterocycles. The third-order valence-electron chi connectivity index (χ3n) is 3.73. The van der Waals surface area contributed by atoms with Crippen molar-refractivity contribution in [3.63, 3.8) is 0 Å². The lowest BCUT2D eigenvalue weighted by molar-refractivity contribution is 0.357. The molecule has 0 amide bonds. The van der Waals surface area contributed by atoms with Gasteiger partial charge in [0.1, 0.15) is 5.75 Å². The van der Waals surface area contributed by atoms with Crippen LogP contribution in [0, 0.1) is 0 Å². The molecule has 2 nitrogen and oxygen atoms in total. The summed E-state index contributed by atoms with van der Waals surface area (Å²) in [6, 6.07) is 12.7. The second kappa shape index (κ2) is 6.39. The molecule has 1 unspecified atom stereocenters. The fourth-order valence-corrected chi connectivity index (χ4v) is 3.22. The van der Waals surface area contributed by atoms with Crippen molar-refractivity contribution in [1.29, 1.82) is 0 Å². The monoisotopic (exact) mass is 365 g/mol. The van der Waals surface area contributed by atoms with Gasteiger partial charge in [-0.25, -0.2) is 0 Å². The Morgan fingerprint density at radius 3 is 2.76 bits per heavy atom. The second-order valence-electron chi connectivity index (χ2n) is 5.13. The van der Waals surface area contributed by atoms with Crippen molar-refractivity contribution in [1.82, 2.24) is 5.32 Å². The van der Waals surface area contributed by atoms with Gasteiger partial charge in [-0.05, 0) is 57.4 Å². The third kappa shape index (κ3) is 3.10. The number of halogens is 2. The molecule has 1 atom stereocenters. The standard InChI is InChI=1S/C17H17BrClNO/c1-2-20-17(13-3-5-15(19)14(18)10-13)12-4-6-16-11(9-12)7-8-21-16/h3-6,9-10,17,20H,2,7-8H2,1H3. The summed E-state index contributed by atoms with van der Waals surface area (Å²) >= 11 is 9.61. The highest BCUT2D eigenvalue weighted by Gasteiger charge is 2.18. The molecule has 0 aliphatic carbocycles. The zero-order valence-corrected chi connectivity index (χ0v) is 14.2.